The van der Waals surface area contributed by atoms with Crippen molar-refractivity contribution in [1.29, 1.82) is 0 Å². The number of hydrogen-bond donors (Lipinski definition) is 1. The van der Waals surface area contributed by atoms with Crippen LogP contribution >= 0.6 is 11.3 Å². The molecule has 1 fully saturated rings. The normalized spacial score (nSPS) is 15.4. The fraction of sp³-hybridized carbons (Fsp3) is 0.500. The van der Waals surface area contributed by atoms with Crippen molar-refractivity contribution >= 4 is 11.3 Å². The van der Waals surface area contributed by atoms with E-state index in [1.54, 1.807) is 11.3 Å². The number of hydrogen-bond acceptors (Lipinski definition) is 3. The SMILES string of the molecule is CC(C)(C)c1ccc(-c2csc(CNCC3CC3)n2)cc1. The van der Waals surface area contributed by atoms with E-state index in [4.69, 9.17) is 4.98 Å². The molecule has 0 spiro atoms. The van der Waals surface area contributed by atoms with Crippen molar-refractivity contribution in [3.05, 3.63) is 40.2 Å². The Balaban J connectivity index is 1.64. The molecular formula is C18H24N2S. The molecule has 0 amide bonds. The number of nitrogens with zero attached hydrogens (tertiary/aromatic N) is 1. The third-order valence-electron chi connectivity index (χ3n) is 4.00. The molecule has 3 heteroatoms. The lowest BCUT2D eigenvalue weighted by Crippen LogP contribution is -2.15. The number of thiazole rings is 1. The quantitative estimate of drug-likeness (QED) is 0.872. The number of benzene rings is 1. The standard InChI is InChI=1S/C18H24N2S/c1-18(2,3)15-8-6-14(7-9-15)16-12-21-17(20-16)11-19-10-13-4-5-13/h6-9,12-13,19H,4-5,10-11H2,1-3H3. The minimum absolute atomic E-state index is 0.207. The molecule has 1 N–H and O–H groups in total. The van der Waals surface area contributed by atoms with Gasteiger partial charge in [0.1, 0.15) is 5.01 Å². The molecule has 2 aromatic rings. The Hall–Kier alpha value is -1.19. The Morgan fingerprint density at radius 3 is 2.52 bits per heavy atom. The minimum atomic E-state index is 0.207. The zero-order valence-electron chi connectivity index (χ0n) is 13.1. The van der Waals surface area contributed by atoms with Gasteiger partial charge in [-0.25, -0.2) is 4.98 Å². The van der Waals surface area contributed by atoms with Crippen LogP contribution in [0.25, 0.3) is 11.3 Å². The first kappa shape index (κ1) is 14.7. The molecule has 21 heavy (non-hydrogen) atoms. The topological polar surface area (TPSA) is 24.9 Å². The van der Waals surface area contributed by atoms with Crippen LogP contribution in [0.5, 0.6) is 0 Å². The molecule has 1 aliphatic carbocycles. The second kappa shape index (κ2) is 5.90. The fourth-order valence-electron chi connectivity index (χ4n) is 2.37. The summed E-state index contributed by atoms with van der Waals surface area (Å²) in [5, 5.41) is 6.86. The van der Waals surface area contributed by atoms with Crippen molar-refractivity contribution < 1.29 is 0 Å². The van der Waals surface area contributed by atoms with Crippen LogP contribution in [0.3, 0.4) is 0 Å². The highest BCUT2D eigenvalue weighted by atomic mass is 32.1. The molecule has 1 aliphatic rings. The summed E-state index contributed by atoms with van der Waals surface area (Å²) in [7, 11) is 0. The average molecular weight is 300 g/mol. The van der Waals surface area contributed by atoms with Crippen LogP contribution in [0.4, 0.5) is 0 Å². The first-order chi connectivity index (χ1) is 10.0. The summed E-state index contributed by atoms with van der Waals surface area (Å²) in [6.45, 7) is 8.79. The predicted octanol–water partition coefficient (Wildman–Crippen LogP) is 4.61. The van der Waals surface area contributed by atoms with Crippen LogP contribution in [0.15, 0.2) is 29.6 Å². The zero-order valence-corrected chi connectivity index (χ0v) is 14.0. The maximum absolute atomic E-state index is 4.75. The Morgan fingerprint density at radius 1 is 1.19 bits per heavy atom. The molecule has 1 aromatic carbocycles. The number of nitrogens with one attached hydrogen (secondary N) is 1. The number of aromatic nitrogens is 1. The molecule has 0 bridgehead atoms. The Kier molecular flexibility index (Phi) is 4.14. The van der Waals surface area contributed by atoms with Crippen LogP contribution in [0.2, 0.25) is 0 Å². The van der Waals surface area contributed by atoms with Gasteiger partial charge in [-0.05, 0) is 36.3 Å². The van der Waals surface area contributed by atoms with Gasteiger partial charge in [-0.2, -0.15) is 0 Å². The van der Waals surface area contributed by atoms with E-state index in [-0.39, 0.29) is 5.41 Å². The summed E-state index contributed by atoms with van der Waals surface area (Å²) in [6, 6.07) is 8.83. The van der Waals surface area contributed by atoms with Gasteiger partial charge in [0.25, 0.3) is 0 Å². The maximum atomic E-state index is 4.75. The van der Waals surface area contributed by atoms with Gasteiger partial charge in [-0.15, -0.1) is 11.3 Å². The monoisotopic (exact) mass is 300 g/mol. The lowest BCUT2D eigenvalue weighted by atomic mass is 9.86. The third kappa shape index (κ3) is 3.92. The second-order valence-corrected chi connectivity index (χ2v) is 7.97. The Labute approximate surface area is 131 Å². The van der Waals surface area contributed by atoms with Crippen molar-refractivity contribution in [1.82, 2.24) is 10.3 Å². The van der Waals surface area contributed by atoms with E-state index in [2.05, 4.69) is 55.7 Å². The van der Waals surface area contributed by atoms with Gasteiger partial charge in [0, 0.05) is 17.5 Å². The molecule has 1 saturated carbocycles. The van der Waals surface area contributed by atoms with Crippen LogP contribution < -0.4 is 5.32 Å². The van der Waals surface area contributed by atoms with E-state index in [1.165, 1.54) is 29.0 Å². The molecule has 0 unspecified atom stereocenters. The van der Waals surface area contributed by atoms with E-state index in [9.17, 15) is 0 Å². The first-order valence-corrected chi connectivity index (χ1v) is 8.66. The molecular weight excluding hydrogens is 276 g/mol. The van der Waals surface area contributed by atoms with Gasteiger partial charge in [0.15, 0.2) is 0 Å². The van der Waals surface area contributed by atoms with E-state index >= 15 is 0 Å². The summed E-state index contributed by atoms with van der Waals surface area (Å²) in [5.41, 5.74) is 3.89. The molecule has 0 saturated heterocycles. The van der Waals surface area contributed by atoms with Crippen molar-refractivity contribution in [3.63, 3.8) is 0 Å². The highest BCUT2D eigenvalue weighted by Crippen LogP contribution is 2.28. The summed E-state index contributed by atoms with van der Waals surface area (Å²) in [4.78, 5) is 4.75. The average Bonchev–Trinajstić information content (AvgIpc) is 3.14. The molecule has 0 aliphatic heterocycles. The number of rotatable bonds is 5. The van der Waals surface area contributed by atoms with Gasteiger partial charge in [0.05, 0.1) is 5.69 Å². The highest BCUT2D eigenvalue weighted by Gasteiger charge is 2.20. The van der Waals surface area contributed by atoms with Crippen LogP contribution in [-0.4, -0.2) is 11.5 Å². The summed E-state index contributed by atoms with van der Waals surface area (Å²) < 4.78 is 0. The van der Waals surface area contributed by atoms with E-state index in [0.717, 1.165) is 24.7 Å². The first-order valence-electron chi connectivity index (χ1n) is 7.78. The van der Waals surface area contributed by atoms with Crippen LogP contribution in [0, 0.1) is 5.92 Å². The van der Waals surface area contributed by atoms with Crippen molar-refractivity contribution in [2.75, 3.05) is 6.54 Å². The molecule has 2 nitrogen and oxygen atoms in total. The summed E-state index contributed by atoms with van der Waals surface area (Å²) in [6.07, 6.45) is 2.80. The highest BCUT2D eigenvalue weighted by molar-refractivity contribution is 7.09. The minimum Gasteiger partial charge on any atom is -0.310 e. The van der Waals surface area contributed by atoms with Crippen molar-refractivity contribution in [3.8, 4) is 11.3 Å². The van der Waals surface area contributed by atoms with Crippen LogP contribution in [-0.2, 0) is 12.0 Å². The summed E-state index contributed by atoms with van der Waals surface area (Å²) in [5.74, 6) is 0.925. The zero-order chi connectivity index (χ0) is 14.9. The molecule has 3 rings (SSSR count). The van der Waals surface area contributed by atoms with Gasteiger partial charge >= 0.3 is 0 Å². The predicted molar refractivity (Wildman–Crippen MR) is 90.7 cm³/mol. The van der Waals surface area contributed by atoms with Crippen molar-refractivity contribution in [2.24, 2.45) is 5.92 Å². The van der Waals surface area contributed by atoms with Crippen LogP contribution in [0.1, 0.15) is 44.2 Å². The fourth-order valence-corrected chi connectivity index (χ4v) is 3.14. The molecule has 112 valence electrons. The summed E-state index contributed by atoms with van der Waals surface area (Å²) >= 11 is 1.75. The second-order valence-electron chi connectivity index (χ2n) is 7.03. The lowest BCUT2D eigenvalue weighted by molar-refractivity contribution is 0.590. The van der Waals surface area contributed by atoms with Gasteiger partial charge in [-0.1, -0.05) is 45.0 Å². The molecule has 1 aromatic heterocycles. The Morgan fingerprint density at radius 2 is 1.90 bits per heavy atom. The molecule has 0 atom stereocenters. The van der Waals surface area contributed by atoms with Gasteiger partial charge in [-0.3, -0.25) is 0 Å². The van der Waals surface area contributed by atoms with Gasteiger partial charge in [0.2, 0.25) is 0 Å². The molecule has 1 heterocycles. The lowest BCUT2D eigenvalue weighted by Gasteiger charge is -2.18. The van der Waals surface area contributed by atoms with Crippen molar-refractivity contribution in [2.45, 2.75) is 45.6 Å². The molecule has 0 radical (unpaired) electrons. The van der Waals surface area contributed by atoms with Gasteiger partial charge < -0.3 is 5.32 Å². The smallest absolute Gasteiger partial charge is 0.107 e. The van der Waals surface area contributed by atoms with E-state index in [1.807, 2.05) is 0 Å². The van der Waals surface area contributed by atoms with E-state index < -0.39 is 0 Å². The van der Waals surface area contributed by atoms with E-state index in [0.29, 0.717) is 0 Å². The largest absolute Gasteiger partial charge is 0.310 e. The Bertz CT molecular complexity index is 588. The third-order valence-corrected chi connectivity index (χ3v) is 4.85. The maximum Gasteiger partial charge on any atom is 0.107 e.